The van der Waals surface area contributed by atoms with Crippen molar-refractivity contribution in [3.8, 4) is 23.0 Å². The lowest BCUT2D eigenvalue weighted by Crippen LogP contribution is -2.52. The van der Waals surface area contributed by atoms with Gasteiger partial charge in [-0.3, -0.25) is 0 Å². The number of fused-ring (bicyclic) bond motifs is 3. The van der Waals surface area contributed by atoms with E-state index in [1.165, 1.54) is 7.11 Å². The number of aromatic nitrogens is 2. The summed E-state index contributed by atoms with van der Waals surface area (Å²) in [7, 11) is 7.01. The zero-order chi connectivity index (χ0) is 29.6. The number of rotatable bonds is 9. The fourth-order valence-corrected chi connectivity index (χ4v) is 6.47. The van der Waals surface area contributed by atoms with Crippen LogP contribution in [-0.2, 0) is 11.2 Å². The van der Waals surface area contributed by atoms with Crippen LogP contribution in [0, 0.1) is 0 Å². The molecule has 3 aromatic carbocycles. The number of nitrogens with zero attached hydrogens (tertiary/aromatic N) is 3. The van der Waals surface area contributed by atoms with Crippen LogP contribution in [0.25, 0.3) is 0 Å². The van der Waals surface area contributed by atoms with Crippen LogP contribution in [-0.4, -0.2) is 72.9 Å². The number of hydrogen-bond donors (Lipinski definition) is 3. The van der Waals surface area contributed by atoms with Crippen molar-refractivity contribution in [3.05, 3.63) is 89.3 Å². The van der Waals surface area contributed by atoms with E-state index in [2.05, 4.69) is 10.2 Å². The van der Waals surface area contributed by atoms with Gasteiger partial charge in [0.2, 0.25) is 5.89 Å². The minimum absolute atomic E-state index is 0.0809. The lowest BCUT2D eigenvalue weighted by molar-refractivity contribution is -0.151. The Morgan fingerprint density at radius 3 is 2.33 bits per heavy atom. The van der Waals surface area contributed by atoms with Gasteiger partial charge in [0, 0.05) is 24.6 Å². The lowest BCUT2D eigenvalue weighted by Gasteiger charge is -2.40. The van der Waals surface area contributed by atoms with Gasteiger partial charge in [-0.05, 0) is 37.4 Å². The number of aliphatic hydroxyl groups is 2. The van der Waals surface area contributed by atoms with Gasteiger partial charge in [0.05, 0.1) is 25.7 Å². The number of likely N-dealkylation sites (N-methyl/N-ethyl adjacent to an activating group) is 1. The third-order valence-corrected chi connectivity index (χ3v) is 8.27. The Bertz CT molecular complexity index is 1560. The number of hydrogen-bond acceptors (Lipinski definition) is 11. The molecular formula is C31H34N4O7. The third-order valence-electron chi connectivity index (χ3n) is 8.27. The van der Waals surface area contributed by atoms with Crippen molar-refractivity contribution in [2.45, 2.75) is 29.1 Å². The summed E-state index contributed by atoms with van der Waals surface area (Å²) in [6, 6.07) is 20.0. The normalized spacial score (nSPS) is 26.0. The van der Waals surface area contributed by atoms with E-state index < -0.39 is 29.1 Å². The van der Waals surface area contributed by atoms with Crippen molar-refractivity contribution in [1.82, 2.24) is 15.1 Å². The largest absolute Gasteiger partial charge is 0.497 e. The minimum atomic E-state index is -2.04. The van der Waals surface area contributed by atoms with Gasteiger partial charge in [-0.25, -0.2) is 0 Å². The first-order chi connectivity index (χ1) is 20.2. The highest BCUT2D eigenvalue weighted by Crippen LogP contribution is 2.72. The van der Waals surface area contributed by atoms with Crippen molar-refractivity contribution in [3.63, 3.8) is 0 Å². The first kappa shape index (κ1) is 27.8. The van der Waals surface area contributed by atoms with E-state index in [4.69, 9.17) is 29.1 Å². The molecule has 0 bridgehead atoms. The van der Waals surface area contributed by atoms with Gasteiger partial charge < -0.3 is 44.2 Å². The van der Waals surface area contributed by atoms with Gasteiger partial charge in [-0.2, -0.15) is 0 Å². The van der Waals surface area contributed by atoms with Crippen LogP contribution in [0.1, 0.15) is 34.4 Å². The minimum Gasteiger partial charge on any atom is -0.497 e. The maximum absolute atomic E-state index is 13.0. The molecule has 1 aliphatic carbocycles. The van der Waals surface area contributed by atoms with Gasteiger partial charge in [0.15, 0.2) is 11.2 Å². The molecule has 1 fully saturated rings. The molecule has 4 N–H and O–H groups in total. The first-order valence-electron chi connectivity index (χ1n) is 13.6. The molecule has 42 heavy (non-hydrogen) atoms. The summed E-state index contributed by atoms with van der Waals surface area (Å²) in [4.78, 5) is 2.01. The molecule has 2 heterocycles. The molecule has 220 valence electrons. The zero-order valence-electron chi connectivity index (χ0n) is 23.9. The summed E-state index contributed by atoms with van der Waals surface area (Å²) < 4.78 is 29.9. The van der Waals surface area contributed by atoms with E-state index in [0.29, 0.717) is 47.3 Å². The van der Waals surface area contributed by atoms with E-state index in [-0.39, 0.29) is 11.9 Å². The average molecular weight is 575 g/mol. The maximum atomic E-state index is 13.0. The summed E-state index contributed by atoms with van der Waals surface area (Å²) in [5.74, 6) is 0.225. The molecule has 1 aliphatic heterocycles. The second-order valence-corrected chi connectivity index (χ2v) is 10.8. The molecule has 11 heteroatoms. The van der Waals surface area contributed by atoms with Gasteiger partial charge in [-0.15, -0.1) is 5.10 Å². The highest BCUT2D eigenvalue weighted by atomic mass is 16.5. The Morgan fingerprint density at radius 1 is 0.976 bits per heavy atom. The summed E-state index contributed by atoms with van der Waals surface area (Å²) in [5, 5.41) is 33.3. The van der Waals surface area contributed by atoms with Crippen LogP contribution in [0.3, 0.4) is 0 Å². The van der Waals surface area contributed by atoms with Crippen LogP contribution in [0.5, 0.6) is 23.0 Å². The molecule has 4 aromatic rings. The first-order valence-corrected chi connectivity index (χ1v) is 13.6. The maximum Gasteiger partial charge on any atom is 0.312 e. The van der Waals surface area contributed by atoms with Crippen molar-refractivity contribution in [2.75, 3.05) is 47.2 Å². The Labute approximate surface area is 243 Å². The van der Waals surface area contributed by atoms with Crippen LogP contribution >= 0.6 is 0 Å². The standard InChI is InChI=1S/C31H34N4O7/c1-35(2)14-15-40-21-16-22(39-4)26-23(17-21)42-31(19-10-12-20(38-3)13-11-19)25(18-8-6-5-7-9-18)24(27(36)30(26,31)37)28-33-34-29(32)41-28/h5-13,16-17,24-25,27,36-37H,14-15H2,1-4H3,(H2,32,34)/t24-,25-,27-,30+,31+/m1/s1. The molecule has 0 spiro atoms. The molecule has 0 saturated heterocycles. The second-order valence-electron chi connectivity index (χ2n) is 10.8. The van der Waals surface area contributed by atoms with E-state index >= 15 is 0 Å². The number of methoxy groups -OCH3 is 2. The van der Waals surface area contributed by atoms with Crippen molar-refractivity contribution >= 4 is 6.01 Å². The molecule has 0 radical (unpaired) electrons. The number of aliphatic hydroxyl groups excluding tert-OH is 1. The van der Waals surface area contributed by atoms with Gasteiger partial charge in [-0.1, -0.05) is 47.6 Å². The number of nitrogen functional groups attached to an aromatic ring is 1. The zero-order valence-corrected chi connectivity index (χ0v) is 23.9. The molecule has 5 atom stereocenters. The summed E-state index contributed by atoms with van der Waals surface area (Å²) in [5.41, 5.74) is 3.88. The Kier molecular flexibility index (Phi) is 6.96. The second kappa shape index (κ2) is 10.5. The van der Waals surface area contributed by atoms with E-state index in [1.54, 1.807) is 31.4 Å². The molecule has 1 saturated carbocycles. The molecule has 11 nitrogen and oxygen atoms in total. The van der Waals surface area contributed by atoms with Gasteiger partial charge in [0.25, 0.3) is 0 Å². The number of benzene rings is 3. The number of nitrogens with two attached hydrogens (primary N) is 1. The smallest absolute Gasteiger partial charge is 0.312 e. The average Bonchev–Trinajstić information content (AvgIpc) is 3.60. The van der Waals surface area contributed by atoms with Gasteiger partial charge in [0.1, 0.15) is 35.7 Å². The van der Waals surface area contributed by atoms with E-state index in [1.807, 2.05) is 61.5 Å². The monoisotopic (exact) mass is 574 g/mol. The predicted octanol–water partition coefficient (Wildman–Crippen LogP) is 3.03. The highest BCUT2D eigenvalue weighted by molar-refractivity contribution is 5.63. The summed E-state index contributed by atoms with van der Waals surface area (Å²) in [6.45, 7) is 1.13. The molecule has 6 rings (SSSR count). The van der Waals surface area contributed by atoms with Crippen LogP contribution in [0.15, 0.2) is 71.1 Å². The van der Waals surface area contributed by atoms with E-state index in [0.717, 1.165) is 5.56 Å². The molecule has 0 amide bonds. The summed E-state index contributed by atoms with van der Waals surface area (Å²) >= 11 is 0. The van der Waals surface area contributed by atoms with Crippen LogP contribution in [0.2, 0.25) is 0 Å². The fraction of sp³-hybridized carbons (Fsp3) is 0.355. The summed E-state index contributed by atoms with van der Waals surface area (Å²) in [6.07, 6.45) is -1.49. The Hall–Kier alpha value is -4.32. The number of anilines is 1. The molecule has 0 unspecified atom stereocenters. The molecular weight excluding hydrogens is 540 g/mol. The van der Waals surface area contributed by atoms with E-state index in [9.17, 15) is 10.2 Å². The molecule has 2 aliphatic rings. The van der Waals surface area contributed by atoms with Crippen molar-refractivity contribution in [1.29, 1.82) is 0 Å². The van der Waals surface area contributed by atoms with Gasteiger partial charge >= 0.3 is 6.01 Å². The van der Waals surface area contributed by atoms with Crippen LogP contribution < -0.4 is 24.7 Å². The third kappa shape index (κ3) is 4.07. The Morgan fingerprint density at radius 2 is 1.71 bits per heavy atom. The fourth-order valence-electron chi connectivity index (χ4n) is 6.47. The quantitative estimate of drug-likeness (QED) is 0.271. The Balaban J connectivity index is 1.62. The topological polar surface area (TPSA) is 146 Å². The molecule has 1 aromatic heterocycles. The van der Waals surface area contributed by atoms with Crippen LogP contribution in [0.4, 0.5) is 6.01 Å². The lowest BCUT2D eigenvalue weighted by atomic mass is 9.70. The SMILES string of the molecule is COc1ccc([C@@]23Oc4cc(OCCN(C)C)cc(OC)c4[C@]2(O)[C@H](O)[C@H](c2nnc(N)o2)[C@H]3c2ccccc2)cc1. The van der Waals surface area contributed by atoms with Crippen molar-refractivity contribution < 1.29 is 33.6 Å². The van der Waals surface area contributed by atoms with Crippen molar-refractivity contribution in [2.24, 2.45) is 0 Å². The predicted molar refractivity (Wildman–Crippen MR) is 153 cm³/mol. The highest BCUT2D eigenvalue weighted by Gasteiger charge is 2.78. The number of ether oxygens (including phenoxy) is 4.